The van der Waals surface area contributed by atoms with E-state index in [9.17, 15) is 9.59 Å². The second-order valence-corrected chi connectivity index (χ2v) is 7.05. The van der Waals surface area contributed by atoms with E-state index in [4.69, 9.17) is 0 Å². The molecule has 8 nitrogen and oxygen atoms in total. The molecule has 0 radical (unpaired) electrons. The van der Waals surface area contributed by atoms with Crippen LogP contribution < -0.4 is 10.9 Å². The number of amides is 1. The van der Waals surface area contributed by atoms with Crippen LogP contribution in [0.4, 0.5) is 0 Å². The number of nitrogens with one attached hydrogen (secondary N) is 2. The van der Waals surface area contributed by atoms with Gasteiger partial charge in [-0.3, -0.25) is 14.0 Å². The molecule has 0 aliphatic heterocycles. The molecule has 0 fully saturated rings. The number of aromatic amines is 1. The number of pyridine rings is 1. The number of carbonyl (C=O) groups is 1. The largest absolute Gasteiger partial charge is 0.349 e. The molecular weight excluding hydrogens is 332 g/mol. The molecule has 0 saturated heterocycles. The molecule has 0 saturated carbocycles. The molecular formula is C18H24N6O2. The van der Waals surface area contributed by atoms with Crippen molar-refractivity contribution in [1.29, 1.82) is 0 Å². The van der Waals surface area contributed by atoms with Crippen molar-refractivity contribution in [2.24, 2.45) is 5.92 Å². The Kier molecular flexibility index (Phi) is 5.03. The minimum Gasteiger partial charge on any atom is -0.349 e. The summed E-state index contributed by atoms with van der Waals surface area (Å²) in [7, 11) is 3.89. The summed E-state index contributed by atoms with van der Waals surface area (Å²) < 4.78 is 1.72. The van der Waals surface area contributed by atoms with E-state index in [-0.39, 0.29) is 17.1 Å². The number of carbonyl (C=O) groups excluding carboxylic acids is 1. The summed E-state index contributed by atoms with van der Waals surface area (Å²) in [6.45, 7) is 5.37. The zero-order valence-electron chi connectivity index (χ0n) is 15.5. The summed E-state index contributed by atoms with van der Waals surface area (Å²) in [5.74, 6) is 0.0240. The van der Waals surface area contributed by atoms with Gasteiger partial charge in [0.05, 0.1) is 11.2 Å². The fraction of sp³-hybridized carbons (Fsp3) is 0.444. The first-order valence-electron chi connectivity index (χ1n) is 8.69. The first-order valence-corrected chi connectivity index (χ1v) is 8.69. The predicted octanol–water partition coefficient (Wildman–Crippen LogP) is 1.06. The quantitative estimate of drug-likeness (QED) is 0.689. The van der Waals surface area contributed by atoms with E-state index in [1.807, 2.05) is 19.0 Å². The van der Waals surface area contributed by atoms with Gasteiger partial charge >= 0.3 is 0 Å². The average molecular weight is 356 g/mol. The Labute approximate surface area is 151 Å². The molecule has 8 heteroatoms. The van der Waals surface area contributed by atoms with Crippen LogP contribution in [0.3, 0.4) is 0 Å². The summed E-state index contributed by atoms with van der Waals surface area (Å²) in [4.78, 5) is 38.7. The summed E-state index contributed by atoms with van der Waals surface area (Å²) >= 11 is 0. The van der Waals surface area contributed by atoms with E-state index in [1.54, 1.807) is 22.7 Å². The molecule has 0 aliphatic rings. The standard InChI is InChI=1S/C18H24N6O2/c1-11(2)10-13-14(17(25)20-8-9-23(3)4)22-16-18(26)21-12-6-5-7-19-15(12)24(13)16/h5-7,11H,8-10H2,1-4H3,(H,20,25)(H,21,26). The highest BCUT2D eigenvalue weighted by Crippen LogP contribution is 2.19. The summed E-state index contributed by atoms with van der Waals surface area (Å²) in [6.07, 6.45) is 2.28. The topological polar surface area (TPSA) is 95.4 Å². The molecule has 0 atom stereocenters. The lowest BCUT2D eigenvalue weighted by Gasteiger charge is -2.11. The first-order chi connectivity index (χ1) is 12.4. The number of nitrogens with zero attached hydrogens (tertiary/aromatic N) is 4. The lowest BCUT2D eigenvalue weighted by molar-refractivity contribution is 0.0945. The molecule has 0 aliphatic carbocycles. The van der Waals surface area contributed by atoms with Gasteiger partial charge in [0.25, 0.3) is 11.5 Å². The number of rotatable bonds is 6. The van der Waals surface area contributed by atoms with Crippen LogP contribution in [0.2, 0.25) is 0 Å². The van der Waals surface area contributed by atoms with Gasteiger partial charge in [-0.2, -0.15) is 0 Å². The Morgan fingerprint density at radius 1 is 1.35 bits per heavy atom. The third kappa shape index (κ3) is 3.45. The van der Waals surface area contributed by atoms with E-state index < -0.39 is 0 Å². The van der Waals surface area contributed by atoms with Crippen LogP contribution in [0, 0.1) is 5.92 Å². The molecule has 3 rings (SSSR count). The molecule has 0 bridgehead atoms. The lowest BCUT2D eigenvalue weighted by atomic mass is 10.1. The number of likely N-dealkylation sites (N-methyl/N-ethyl adjacent to an activating group) is 1. The van der Waals surface area contributed by atoms with Crippen LogP contribution >= 0.6 is 0 Å². The van der Waals surface area contributed by atoms with Crippen molar-refractivity contribution < 1.29 is 4.79 Å². The third-order valence-electron chi connectivity index (χ3n) is 4.08. The van der Waals surface area contributed by atoms with Crippen LogP contribution in [-0.2, 0) is 6.42 Å². The Bertz CT molecular complexity index is 1000. The van der Waals surface area contributed by atoms with Gasteiger partial charge < -0.3 is 15.2 Å². The number of aromatic nitrogens is 4. The molecule has 0 unspecified atom stereocenters. The third-order valence-corrected chi connectivity index (χ3v) is 4.08. The molecule has 3 aromatic rings. The Morgan fingerprint density at radius 2 is 2.12 bits per heavy atom. The fourth-order valence-corrected chi connectivity index (χ4v) is 2.92. The van der Waals surface area contributed by atoms with Crippen molar-refractivity contribution in [1.82, 2.24) is 29.6 Å². The van der Waals surface area contributed by atoms with E-state index in [0.29, 0.717) is 41.4 Å². The Hall–Kier alpha value is -2.74. The van der Waals surface area contributed by atoms with Crippen molar-refractivity contribution in [3.8, 4) is 0 Å². The molecule has 3 heterocycles. The van der Waals surface area contributed by atoms with Gasteiger partial charge in [-0.1, -0.05) is 13.8 Å². The maximum Gasteiger partial charge on any atom is 0.292 e. The minimum absolute atomic E-state index is 0.199. The molecule has 0 aromatic carbocycles. The second-order valence-electron chi connectivity index (χ2n) is 7.05. The molecule has 2 N–H and O–H groups in total. The molecule has 3 aromatic heterocycles. The number of hydrogen-bond donors (Lipinski definition) is 2. The summed E-state index contributed by atoms with van der Waals surface area (Å²) in [5.41, 5.74) is 2.09. The van der Waals surface area contributed by atoms with Crippen LogP contribution in [0.1, 0.15) is 30.0 Å². The maximum absolute atomic E-state index is 12.7. The van der Waals surface area contributed by atoms with Gasteiger partial charge in [-0.05, 0) is 38.6 Å². The zero-order chi connectivity index (χ0) is 18.8. The fourth-order valence-electron chi connectivity index (χ4n) is 2.92. The molecule has 0 spiro atoms. The van der Waals surface area contributed by atoms with E-state index in [2.05, 4.69) is 34.1 Å². The smallest absolute Gasteiger partial charge is 0.292 e. The molecule has 26 heavy (non-hydrogen) atoms. The summed E-state index contributed by atoms with van der Waals surface area (Å²) in [5, 5.41) is 2.88. The average Bonchev–Trinajstić information content (AvgIpc) is 2.94. The first kappa shape index (κ1) is 18.1. The van der Waals surface area contributed by atoms with Gasteiger partial charge in [0, 0.05) is 19.3 Å². The van der Waals surface area contributed by atoms with Crippen molar-refractivity contribution in [2.45, 2.75) is 20.3 Å². The molecule has 138 valence electrons. The lowest BCUT2D eigenvalue weighted by Crippen LogP contribution is -2.32. The number of hydrogen-bond acceptors (Lipinski definition) is 5. The van der Waals surface area contributed by atoms with Crippen LogP contribution in [0.15, 0.2) is 23.1 Å². The normalized spacial score (nSPS) is 11.8. The number of fused-ring (bicyclic) bond motifs is 3. The van der Waals surface area contributed by atoms with Gasteiger partial charge in [-0.25, -0.2) is 9.97 Å². The van der Waals surface area contributed by atoms with Crippen LogP contribution in [0.5, 0.6) is 0 Å². The Balaban J connectivity index is 2.16. The maximum atomic E-state index is 12.7. The van der Waals surface area contributed by atoms with Crippen LogP contribution in [-0.4, -0.2) is 57.3 Å². The highest BCUT2D eigenvalue weighted by molar-refractivity contribution is 5.95. The van der Waals surface area contributed by atoms with Crippen molar-refractivity contribution in [2.75, 3.05) is 27.2 Å². The highest BCUT2D eigenvalue weighted by Gasteiger charge is 2.23. The van der Waals surface area contributed by atoms with Gasteiger partial charge in [0.15, 0.2) is 11.3 Å². The second kappa shape index (κ2) is 7.25. The van der Waals surface area contributed by atoms with Crippen molar-refractivity contribution in [3.63, 3.8) is 0 Å². The molecule has 1 amide bonds. The Morgan fingerprint density at radius 3 is 2.81 bits per heavy atom. The zero-order valence-corrected chi connectivity index (χ0v) is 15.5. The van der Waals surface area contributed by atoms with Crippen molar-refractivity contribution in [3.05, 3.63) is 40.1 Å². The number of H-pyrrole nitrogens is 1. The summed E-state index contributed by atoms with van der Waals surface area (Å²) in [6, 6.07) is 3.55. The predicted molar refractivity (Wildman–Crippen MR) is 101 cm³/mol. The van der Waals surface area contributed by atoms with Crippen molar-refractivity contribution >= 4 is 22.7 Å². The van der Waals surface area contributed by atoms with Gasteiger partial charge in [0.2, 0.25) is 5.65 Å². The van der Waals surface area contributed by atoms with Gasteiger partial charge in [0.1, 0.15) is 0 Å². The monoisotopic (exact) mass is 356 g/mol. The van der Waals surface area contributed by atoms with E-state index >= 15 is 0 Å². The van der Waals surface area contributed by atoms with Crippen LogP contribution in [0.25, 0.3) is 16.8 Å². The van der Waals surface area contributed by atoms with E-state index in [1.165, 1.54) is 0 Å². The van der Waals surface area contributed by atoms with Gasteiger partial charge in [-0.15, -0.1) is 0 Å². The SMILES string of the molecule is CC(C)Cc1c(C(=O)NCCN(C)C)nc2c(=O)[nH]c3cccnc3n12. The number of imidazole rings is 1. The minimum atomic E-state index is -0.331. The highest BCUT2D eigenvalue weighted by atomic mass is 16.2. The van der Waals surface area contributed by atoms with E-state index in [0.717, 1.165) is 6.54 Å².